The van der Waals surface area contributed by atoms with Crippen molar-refractivity contribution < 1.29 is 8.78 Å². The van der Waals surface area contributed by atoms with Gasteiger partial charge in [-0.1, -0.05) is 38.7 Å². The molecule has 3 heteroatoms. The Morgan fingerprint density at radius 2 is 1.65 bits per heavy atom. The number of nitrogens with one attached hydrogen (secondary N) is 1. The predicted molar refractivity (Wildman–Crippen MR) is 80.9 cm³/mol. The molecule has 1 nitrogen and oxygen atoms in total. The number of hydrogen-bond acceptors (Lipinski definition) is 1. The summed E-state index contributed by atoms with van der Waals surface area (Å²) < 4.78 is 27.1. The highest BCUT2D eigenvalue weighted by Crippen LogP contribution is 2.15. The van der Waals surface area contributed by atoms with Gasteiger partial charge in [0.1, 0.15) is 11.6 Å². The average molecular weight is 283 g/mol. The van der Waals surface area contributed by atoms with Gasteiger partial charge in [-0.3, -0.25) is 0 Å². The van der Waals surface area contributed by atoms with E-state index in [1.165, 1.54) is 43.9 Å². The molecule has 0 radical (unpaired) electrons. The van der Waals surface area contributed by atoms with Crippen molar-refractivity contribution in [3.8, 4) is 0 Å². The molecule has 0 aromatic heterocycles. The van der Waals surface area contributed by atoms with Gasteiger partial charge in [0, 0.05) is 17.6 Å². The molecule has 114 valence electrons. The second-order valence-electron chi connectivity index (χ2n) is 5.72. The van der Waals surface area contributed by atoms with E-state index < -0.39 is 11.6 Å². The molecule has 0 aliphatic rings. The second-order valence-corrected chi connectivity index (χ2v) is 5.72. The first-order valence-electron chi connectivity index (χ1n) is 7.73. The minimum Gasteiger partial charge on any atom is -0.311 e. The van der Waals surface area contributed by atoms with Crippen molar-refractivity contribution in [1.29, 1.82) is 0 Å². The summed E-state index contributed by atoms with van der Waals surface area (Å²) >= 11 is 0. The zero-order chi connectivity index (χ0) is 15.0. The van der Waals surface area contributed by atoms with E-state index in [4.69, 9.17) is 0 Å². The van der Waals surface area contributed by atoms with Crippen LogP contribution in [0, 0.1) is 11.6 Å². The summed E-state index contributed by atoms with van der Waals surface area (Å²) in [5.41, 5.74) is 0.186. The fraction of sp³-hybridized carbons (Fsp3) is 0.647. The molecule has 0 spiro atoms. The van der Waals surface area contributed by atoms with E-state index in [-0.39, 0.29) is 11.6 Å². The maximum atomic E-state index is 13.6. The molecule has 2 atom stereocenters. The molecule has 1 rings (SSSR count). The maximum absolute atomic E-state index is 13.6. The van der Waals surface area contributed by atoms with Crippen molar-refractivity contribution in [1.82, 2.24) is 5.32 Å². The van der Waals surface area contributed by atoms with E-state index >= 15 is 0 Å². The Morgan fingerprint density at radius 1 is 1.00 bits per heavy atom. The molecule has 20 heavy (non-hydrogen) atoms. The van der Waals surface area contributed by atoms with Gasteiger partial charge in [0.15, 0.2) is 0 Å². The van der Waals surface area contributed by atoms with Crippen LogP contribution < -0.4 is 5.32 Å². The Labute approximate surface area is 121 Å². The standard InChI is InChI=1S/C17H27F2N/c1-4-5-6-7-9-13(2)20-14(3)12-15-16(18)10-8-11-17(15)19/h8,10-11,13-14,20H,4-7,9,12H2,1-3H3. The van der Waals surface area contributed by atoms with Crippen LogP contribution in [0.15, 0.2) is 18.2 Å². The Hall–Kier alpha value is -0.960. The summed E-state index contributed by atoms with van der Waals surface area (Å²) in [6.07, 6.45) is 6.50. The van der Waals surface area contributed by atoms with Crippen molar-refractivity contribution in [2.24, 2.45) is 0 Å². The second kappa shape index (κ2) is 9.06. The van der Waals surface area contributed by atoms with Crippen LogP contribution >= 0.6 is 0 Å². The number of benzene rings is 1. The summed E-state index contributed by atoms with van der Waals surface area (Å²) in [4.78, 5) is 0. The van der Waals surface area contributed by atoms with Gasteiger partial charge in [0.05, 0.1) is 0 Å². The van der Waals surface area contributed by atoms with Crippen LogP contribution in [0.1, 0.15) is 58.4 Å². The monoisotopic (exact) mass is 283 g/mol. The van der Waals surface area contributed by atoms with Crippen LogP contribution in [0.3, 0.4) is 0 Å². The third kappa shape index (κ3) is 6.00. The highest BCUT2D eigenvalue weighted by Gasteiger charge is 2.14. The first kappa shape index (κ1) is 17.1. The summed E-state index contributed by atoms with van der Waals surface area (Å²) in [5.74, 6) is -0.900. The van der Waals surface area contributed by atoms with E-state index in [0.717, 1.165) is 6.42 Å². The molecular formula is C17H27F2N. The van der Waals surface area contributed by atoms with E-state index in [9.17, 15) is 8.78 Å². The van der Waals surface area contributed by atoms with Crippen molar-refractivity contribution in [3.05, 3.63) is 35.4 Å². The fourth-order valence-corrected chi connectivity index (χ4v) is 2.54. The Balaban J connectivity index is 2.37. The predicted octanol–water partition coefficient (Wildman–Crippen LogP) is 4.84. The number of halogens is 2. The number of rotatable bonds is 9. The SMILES string of the molecule is CCCCCCC(C)NC(C)Cc1c(F)cccc1F. The van der Waals surface area contributed by atoms with Crippen molar-refractivity contribution >= 4 is 0 Å². The van der Waals surface area contributed by atoms with Gasteiger partial charge in [-0.25, -0.2) is 8.78 Å². The minimum atomic E-state index is -0.450. The van der Waals surface area contributed by atoms with Crippen LogP contribution in [-0.2, 0) is 6.42 Å². The van der Waals surface area contributed by atoms with Gasteiger partial charge in [-0.2, -0.15) is 0 Å². The highest BCUT2D eigenvalue weighted by atomic mass is 19.1. The largest absolute Gasteiger partial charge is 0.311 e. The molecule has 1 N–H and O–H groups in total. The third-order valence-electron chi connectivity index (χ3n) is 3.63. The van der Waals surface area contributed by atoms with Gasteiger partial charge in [0.25, 0.3) is 0 Å². The normalized spacial score (nSPS) is 14.2. The summed E-state index contributed by atoms with van der Waals surface area (Å²) in [6.45, 7) is 6.32. The molecule has 1 aromatic carbocycles. The number of hydrogen-bond donors (Lipinski definition) is 1. The lowest BCUT2D eigenvalue weighted by molar-refractivity contribution is 0.419. The highest BCUT2D eigenvalue weighted by molar-refractivity contribution is 5.20. The zero-order valence-electron chi connectivity index (χ0n) is 12.9. The fourth-order valence-electron chi connectivity index (χ4n) is 2.54. The van der Waals surface area contributed by atoms with Crippen LogP contribution in [0.25, 0.3) is 0 Å². The molecule has 0 heterocycles. The molecular weight excluding hydrogens is 256 g/mol. The summed E-state index contributed by atoms with van der Waals surface area (Å²) in [6, 6.07) is 4.50. The van der Waals surface area contributed by atoms with Crippen molar-refractivity contribution in [2.75, 3.05) is 0 Å². The molecule has 0 fully saturated rings. The molecule has 2 unspecified atom stereocenters. The molecule has 1 aromatic rings. The molecule has 0 aliphatic heterocycles. The van der Waals surface area contributed by atoms with Gasteiger partial charge >= 0.3 is 0 Å². The number of unbranched alkanes of at least 4 members (excludes halogenated alkanes) is 3. The summed E-state index contributed by atoms with van der Waals surface area (Å²) in [5, 5.41) is 3.43. The summed E-state index contributed by atoms with van der Waals surface area (Å²) in [7, 11) is 0. The van der Waals surface area contributed by atoms with Crippen molar-refractivity contribution in [3.63, 3.8) is 0 Å². The van der Waals surface area contributed by atoms with Gasteiger partial charge in [-0.05, 0) is 38.8 Å². The maximum Gasteiger partial charge on any atom is 0.129 e. The lowest BCUT2D eigenvalue weighted by Crippen LogP contribution is -2.36. The van der Waals surface area contributed by atoms with Crippen LogP contribution in [0.5, 0.6) is 0 Å². The molecule has 0 saturated carbocycles. The lowest BCUT2D eigenvalue weighted by atomic mass is 10.0. The van der Waals surface area contributed by atoms with Gasteiger partial charge in [-0.15, -0.1) is 0 Å². The van der Waals surface area contributed by atoms with E-state index in [1.54, 1.807) is 0 Å². The average Bonchev–Trinajstić information content (AvgIpc) is 2.39. The Bertz CT molecular complexity index is 372. The van der Waals surface area contributed by atoms with E-state index in [0.29, 0.717) is 12.5 Å². The first-order valence-corrected chi connectivity index (χ1v) is 7.73. The Kier molecular flexibility index (Phi) is 7.75. The molecule has 0 saturated heterocycles. The zero-order valence-corrected chi connectivity index (χ0v) is 12.9. The molecule has 0 bridgehead atoms. The molecule has 0 aliphatic carbocycles. The topological polar surface area (TPSA) is 12.0 Å². The van der Waals surface area contributed by atoms with Gasteiger partial charge < -0.3 is 5.32 Å². The van der Waals surface area contributed by atoms with Crippen LogP contribution in [0.4, 0.5) is 8.78 Å². The van der Waals surface area contributed by atoms with Crippen LogP contribution in [0.2, 0.25) is 0 Å². The smallest absolute Gasteiger partial charge is 0.129 e. The lowest BCUT2D eigenvalue weighted by Gasteiger charge is -2.20. The van der Waals surface area contributed by atoms with E-state index in [1.807, 2.05) is 6.92 Å². The Morgan fingerprint density at radius 3 is 2.25 bits per heavy atom. The van der Waals surface area contributed by atoms with Gasteiger partial charge in [0.2, 0.25) is 0 Å². The first-order chi connectivity index (χ1) is 9.54. The molecule has 0 amide bonds. The van der Waals surface area contributed by atoms with Crippen molar-refractivity contribution in [2.45, 2.75) is 71.4 Å². The quantitative estimate of drug-likeness (QED) is 0.639. The van der Waals surface area contributed by atoms with E-state index in [2.05, 4.69) is 19.2 Å². The third-order valence-corrected chi connectivity index (χ3v) is 3.63. The van der Waals surface area contributed by atoms with Crippen LogP contribution in [-0.4, -0.2) is 12.1 Å². The minimum absolute atomic E-state index is 0.0718.